The Bertz CT molecular complexity index is 1120. The van der Waals surface area contributed by atoms with Crippen molar-refractivity contribution in [1.82, 2.24) is 63.4 Å². The fourth-order valence-electron chi connectivity index (χ4n) is 7.40. The largest absolute Gasteiger partial charge is 0.448 e. The van der Waals surface area contributed by atoms with E-state index in [4.69, 9.17) is 14.2 Å². The van der Waals surface area contributed by atoms with E-state index in [1.165, 1.54) is 143 Å². The van der Waals surface area contributed by atoms with Gasteiger partial charge in [0.05, 0.1) is 45.7 Å². The summed E-state index contributed by atoms with van der Waals surface area (Å²) in [5.74, 6) is 5.13. The summed E-state index contributed by atoms with van der Waals surface area (Å²) in [6, 6.07) is 0.699. The van der Waals surface area contributed by atoms with Gasteiger partial charge in [0.15, 0.2) is 0 Å². The van der Waals surface area contributed by atoms with E-state index in [-0.39, 0.29) is 65.5 Å². The summed E-state index contributed by atoms with van der Waals surface area (Å²) in [4.78, 5) is 12.2. The number of likely N-dealkylation sites (N-methyl/N-ethyl adjacent to an activating group) is 1. The minimum atomic E-state index is -1.65. The smallest absolute Gasteiger partial charge is 0.407 e. The Morgan fingerprint density at radius 1 is 0.547 bits per heavy atom. The van der Waals surface area contributed by atoms with Crippen LogP contribution in [0.1, 0.15) is 124 Å². The van der Waals surface area contributed by atoms with Crippen LogP contribution in [0.5, 0.6) is 0 Å². The third-order valence-corrected chi connectivity index (χ3v) is 14.3. The fraction of sp³-hybridized carbons (Fsp3) is 0.964. The quantitative estimate of drug-likeness (QED) is 0.152. The van der Waals surface area contributed by atoms with Gasteiger partial charge in [-0.05, 0) is 126 Å². The maximum atomic E-state index is 11.5. The van der Waals surface area contributed by atoms with Crippen LogP contribution >= 0.6 is 0 Å². The molecule has 13 heterocycles. The lowest BCUT2D eigenvalue weighted by Crippen LogP contribution is -2.64. The number of piperazine rings is 1. The van der Waals surface area contributed by atoms with Crippen molar-refractivity contribution in [3.05, 3.63) is 0 Å². The van der Waals surface area contributed by atoms with Crippen LogP contribution in [0.25, 0.3) is 0 Å². The monoisotopic (exact) mass is 1110 g/mol. The van der Waals surface area contributed by atoms with Gasteiger partial charge < -0.3 is 82.3 Å². The van der Waals surface area contributed by atoms with Crippen LogP contribution in [0.2, 0.25) is 0 Å². The van der Waals surface area contributed by atoms with Gasteiger partial charge in [-0.1, -0.05) is 72.3 Å². The molecule has 0 aromatic heterocycles. The molecule has 11 N–H and O–H groups in total. The highest BCUT2D eigenvalue weighted by Gasteiger charge is 2.43. The number of fused-ring (bicyclic) bond motifs is 2. The molecule has 20 heteroatoms. The zero-order chi connectivity index (χ0) is 47.8. The van der Waals surface area contributed by atoms with Crippen molar-refractivity contribution in [2.75, 3.05) is 202 Å². The van der Waals surface area contributed by atoms with Gasteiger partial charge >= 0.3 is 6.09 Å². The fourth-order valence-corrected chi connectivity index (χ4v) is 8.64. The number of alkyl carbamates (subject to hydrolysis) is 1. The van der Waals surface area contributed by atoms with Gasteiger partial charge in [0.2, 0.25) is 0 Å². The molecule has 1 amide bonds. The van der Waals surface area contributed by atoms with Crippen LogP contribution in [0.4, 0.5) is 9.18 Å². The molecule has 13 saturated heterocycles. The molecule has 0 aromatic carbocycles. The molecular formula is C55H131FN12O6S. The lowest BCUT2D eigenvalue weighted by atomic mass is 9.80. The molecule has 0 saturated carbocycles. The second-order valence-electron chi connectivity index (χ2n) is 18.9. The second kappa shape index (κ2) is 57.3. The summed E-state index contributed by atoms with van der Waals surface area (Å²) >= 11 is 0. The normalized spacial score (nSPS) is 24.9. The summed E-state index contributed by atoms with van der Waals surface area (Å²) < 4.78 is 42.2. The minimum Gasteiger partial charge on any atom is -0.448 e. The molecule has 0 radical (unpaired) electrons. The Labute approximate surface area is 465 Å². The Morgan fingerprint density at radius 2 is 0.973 bits per heavy atom. The molecule has 18 nitrogen and oxygen atoms in total. The van der Waals surface area contributed by atoms with E-state index in [9.17, 15) is 13.4 Å². The van der Waals surface area contributed by atoms with Crippen LogP contribution in [-0.2, 0) is 28.5 Å². The van der Waals surface area contributed by atoms with E-state index >= 15 is 0 Å². The van der Waals surface area contributed by atoms with Crippen LogP contribution in [-0.4, -0.2) is 242 Å². The van der Waals surface area contributed by atoms with Gasteiger partial charge in [0.1, 0.15) is 12.8 Å². The number of carbonyl (C=O) groups is 1. The number of cyclic esters (lactones) is 1. The molecule has 0 aromatic rings. The first-order valence-corrected chi connectivity index (χ1v) is 28.2. The maximum absolute atomic E-state index is 11.5. The number of nitrogens with one attached hydrogen (secondary N) is 11. The Kier molecular flexibility index (Phi) is 65.0. The predicted octanol–water partition coefficient (Wildman–Crippen LogP) is 4.40. The highest BCUT2D eigenvalue weighted by atomic mass is 32.2. The zero-order valence-electron chi connectivity index (χ0n) is 41.9. The number of ether oxygens (including phenoxy) is 4. The summed E-state index contributed by atoms with van der Waals surface area (Å²) in [5.41, 5.74) is 0.611. The van der Waals surface area contributed by atoms with Crippen molar-refractivity contribution in [1.29, 1.82) is 0 Å². The first-order valence-electron chi connectivity index (χ1n) is 26.2. The molecular weight excluding hydrogens is 976 g/mol. The molecule has 13 fully saturated rings. The number of hydrogen-bond acceptors (Lipinski definition) is 17. The molecule has 0 aliphatic carbocycles. The van der Waals surface area contributed by atoms with Crippen LogP contribution in [0.15, 0.2) is 0 Å². The first-order chi connectivity index (χ1) is 32.8. The number of carbonyl (C=O) groups excluding carboxylic acids is 1. The topological polar surface area (TPSA) is 207 Å². The Hall–Kier alpha value is -1.34. The third kappa shape index (κ3) is 48.3. The van der Waals surface area contributed by atoms with Gasteiger partial charge in [0.25, 0.3) is 0 Å². The summed E-state index contributed by atoms with van der Waals surface area (Å²) in [5, 5.41) is 34.3. The van der Waals surface area contributed by atoms with E-state index in [2.05, 4.69) is 81.0 Å². The van der Waals surface area contributed by atoms with Crippen LogP contribution in [0, 0.1) is 5.41 Å². The number of halogens is 1. The highest BCUT2D eigenvalue weighted by Crippen LogP contribution is 2.30. The van der Waals surface area contributed by atoms with Crippen molar-refractivity contribution < 1.29 is 32.3 Å². The van der Waals surface area contributed by atoms with Crippen molar-refractivity contribution in [2.45, 2.75) is 142 Å². The maximum Gasteiger partial charge on any atom is 0.407 e. The molecule has 13 aliphatic heterocycles. The number of rotatable bonds is 0. The molecule has 460 valence electrons. The number of morpholine rings is 2. The average molecular weight is 1110 g/mol. The number of piperidine rings is 2. The molecule has 0 unspecified atom stereocenters. The van der Waals surface area contributed by atoms with E-state index in [1.807, 2.05) is 0 Å². The van der Waals surface area contributed by atoms with Crippen molar-refractivity contribution in [2.24, 2.45) is 5.41 Å². The Morgan fingerprint density at radius 3 is 1.09 bits per heavy atom. The van der Waals surface area contributed by atoms with Gasteiger partial charge in [-0.2, -0.15) is 0 Å². The van der Waals surface area contributed by atoms with E-state index in [0.717, 1.165) is 90.4 Å². The van der Waals surface area contributed by atoms with Crippen molar-refractivity contribution in [3.63, 3.8) is 0 Å². The summed E-state index contributed by atoms with van der Waals surface area (Å²) in [6.45, 7) is 29.1. The van der Waals surface area contributed by atoms with Gasteiger partial charge in [-0.25, -0.2) is 9.18 Å². The molecule has 2 bridgehead atoms. The lowest BCUT2D eigenvalue weighted by Gasteiger charge is -2.48. The second-order valence-corrected chi connectivity index (χ2v) is 21.7. The van der Waals surface area contributed by atoms with Crippen molar-refractivity contribution in [3.8, 4) is 0 Å². The number of nitrogens with zero attached hydrogens (tertiary/aromatic N) is 1. The Balaban J connectivity index is -0.000000173. The minimum absolute atomic E-state index is 0. The van der Waals surface area contributed by atoms with E-state index in [0.29, 0.717) is 43.8 Å². The average Bonchev–Trinajstić information content (AvgIpc) is 4.18. The molecule has 2 atom stereocenters. The van der Waals surface area contributed by atoms with E-state index < -0.39 is 15.7 Å². The third-order valence-electron chi connectivity index (χ3n) is 12.4. The SMILES string of the molecule is C.C.C.C.C.C.C.C.C1CCNC1.C1CCNCC1.C1CCNCC1.C1CNC1.C1COCCN1.C1NCC12COC2.C1O[C@@H]2CN[C@H]1C2.C=S1(=O)CCNCC1.CN1CCNCC1.FC1CNC1.O=C1NCCO1. The zero-order valence-corrected chi connectivity index (χ0v) is 42.7. The molecule has 13 rings (SSSR count). The van der Waals surface area contributed by atoms with Gasteiger partial charge in [-0.15, -0.1) is 0 Å². The standard InChI is InChI=1S/C5H12N2.C5H11NOS.2C5H9NO.2C5H11N.C4H9NO.C4H9N.C3H6FN.C3H5NO2.C3H7N.8CH4/c1-7-4-2-6-3-5-7;1-8(7)4-2-6-3-5-8;1-5(2-6-1)3-7-4-5;1-4-3-7-5(1)2-6-4;2*1-2-4-6-5-3-1;1-3-6-4-2-5-1;1-2-4-5-3-1;4-3-1-5-2-3;5-3-4-1-2-6-3;1-2-4-3-1;;;;;;;;/h6H,2-5H2,1H3;6H,1-5H2;6H,1-4H2;4-6H,1-3H2;2*6H,1-5H2;5H,1-4H2;5H,1-4H2;3,5H,1-2H2;1-2H2,(H,4,5);4H,1-3H2;8*1H4/t;;;4-,5-;;;;;;;;;;;;;;;/m...0.............../s1. The predicted molar refractivity (Wildman–Crippen MR) is 328 cm³/mol. The van der Waals surface area contributed by atoms with Crippen LogP contribution in [0.3, 0.4) is 0 Å². The molecule has 75 heavy (non-hydrogen) atoms. The number of alkyl halides is 1. The molecule has 13 aliphatic rings. The number of amides is 1. The summed E-state index contributed by atoms with van der Waals surface area (Å²) in [6.07, 6.45) is 13.6. The lowest BCUT2D eigenvalue weighted by molar-refractivity contribution is -0.139. The molecule has 1 spiro atoms. The van der Waals surface area contributed by atoms with E-state index in [1.54, 1.807) is 0 Å². The highest BCUT2D eigenvalue weighted by molar-refractivity contribution is 8.00. The summed E-state index contributed by atoms with van der Waals surface area (Å²) in [7, 11) is 0.508. The first kappa shape index (κ1) is 84.9. The van der Waals surface area contributed by atoms with Crippen LogP contribution < -0.4 is 58.5 Å². The van der Waals surface area contributed by atoms with Gasteiger partial charge in [0, 0.05) is 108 Å². The van der Waals surface area contributed by atoms with Gasteiger partial charge in [-0.3, -0.25) is 4.21 Å². The number of hydrogen-bond donors (Lipinski definition) is 11. The van der Waals surface area contributed by atoms with Crippen molar-refractivity contribution >= 4 is 21.5 Å².